The Morgan fingerprint density at radius 3 is 1.88 bits per heavy atom. The summed E-state index contributed by atoms with van der Waals surface area (Å²) >= 11 is 0. The van der Waals surface area contributed by atoms with E-state index >= 15 is 0 Å². The van der Waals surface area contributed by atoms with Crippen LogP contribution in [0.1, 0.15) is 49.3 Å². The molecule has 0 atom stereocenters. The van der Waals surface area contributed by atoms with E-state index in [-0.39, 0.29) is 11.9 Å². The topological polar surface area (TPSA) is 87.4 Å². The molecule has 2 aliphatic rings. The second-order valence-electron chi connectivity index (χ2n) is 13.6. The van der Waals surface area contributed by atoms with E-state index < -0.39 is 5.54 Å². The molecule has 3 aromatic carbocycles. The van der Waals surface area contributed by atoms with E-state index in [0.29, 0.717) is 11.8 Å². The number of benzene rings is 3. The van der Waals surface area contributed by atoms with Gasteiger partial charge in [0.1, 0.15) is 29.0 Å². The molecule has 0 radical (unpaired) electrons. The fourth-order valence-corrected chi connectivity index (χ4v) is 7.46. The predicted octanol–water partition coefficient (Wildman–Crippen LogP) is 7.50. The molecule has 0 bridgehead atoms. The number of hydrogen-bond donors (Lipinski definition) is 0. The normalized spacial score (nSPS) is 16.2. The SMILES string of the molecule is COC(OC)C1CCN(c2cc(-c3nn(C(c4ccccc4)(c4ccccc4)c4ccccc4)c4cnc(OC5(C)CC5)cc34)ncn2)CC1. The van der Waals surface area contributed by atoms with Crippen molar-refractivity contribution in [2.24, 2.45) is 5.92 Å². The van der Waals surface area contributed by atoms with Crippen LogP contribution in [-0.4, -0.2) is 63.9 Å². The van der Waals surface area contributed by atoms with Crippen molar-refractivity contribution in [1.29, 1.82) is 0 Å². The van der Waals surface area contributed by atoms with Gasteiger partial charge in [0.15, 0.2) is 6.29 Å². The standard InChI is InChI=1S/C41H42N6O3/c1-40(21-22-40)50-37-25-33-35(27-42-37)47(41(30-13-7-4-8-14-30,31-15-9-5-10-16-31)32-17-11-6-12-18-32)45-38(33)34-26-36(44-28-43-34)46-23-19-29(20-24-46)39(48-2)49-3/h4-18,25-29,39H,19-24H2,1-3H3. The van der Waals surface area contributed by atoms with Crippen LogP contribution in [0, 0.1) is 5.92 Å². The highest BCUT2D eigenvalue weighted by Crippen LogP contribution is 2.45. The molecule has 9 heteroatoms. The van der Waals surface area contributed by atoms with Crippen LogP contribution in [-0.2, 0) is 15.0 Å². The van der Waals surface area contributed by atoms with Crippen LogP contribution in [0.2, 0.25) is 0 Å². The van der Waals surface area contributed by atoms with E-state index in [4.69, 9.17) is 34.3 Å². The number of aromatic nitrogens is 5. The molecule has 4 heterocycles. The summed E-state index contributed by atoms with van der Waals surface area (Å²) in [6, 6.07) is 35.8. The molecular weight excluding hydrogens is 624 g/mol. The van der Waals surface area contributed by atoms with Crippen molar-refractivity contribution in [2.75, 3.05) is 32.2 Å². The number of piperidine rings is 1. The van der Waals surface area contributed by atoms with E-state index in [1.165, 1.54) is 0 Å². The molecular formula is C41H42N6O3. The molecule has 8 rings (SSSR count). The third-order valence-electron chi connectivity index (χ3n) is 10.3. The quantitative estimate of drug-likeness (QED) is 0.104. The maximum Gasteiger partial charge on any atom is 0.214 e. The Kier molecular flexibility index (Phi) is 8.54. The minimum atomic E-state index is -0.830. The molecule has 0 N–H and O–H groups in total. The summed E-state index contributed by atoms with van der Waals surface area (Å²) in [4.78, 5) is 16.8. The summed E-state index contributed by atoms with van der Waals surface area (Å²) in [7, 11) is 3.42. The largest absolute Gasteiger partial charge is 0.471 e. The average Bonchev–Trinajstić information content (AvgIpc) is 3.79. The van der Waals surface area contributed by atoms with Crippen LogP contribution >= 0.6 is 0 Å². The van der Waals surface area contributed by atoms with Crippen molar-refractivity contribution in [1.82, 2.24) is 24.7 Å². The molecule has 2 fully saturated rings. The van der Waals surface area contributed by atoms with Gasteiger partial charge in [0.05, 0.1) is 17.4 Å². The Morgan fingerprint density at radius 1 is 0.760 bits per heavy atom. The number of ether oxygens (including phenoxy) is 3. The van der Waals surface area contributed by atoms with Crippen molar-refractivity contribution >= 4 is 16.7 Å². The lowest BCUT2D eigenvalue weighted by molar-refractivity contribution is -0.141. The van der Waals surface area contributed by atoms with Gasteiger partial charge in [-0.1, -0.05) is 91.0 Å². The van der Waals surface area contributed by atoms with Gasteiger partial charge < -0.3 is 19.1 Å². The Hall–Kier alpha value is -5.12. The van der Waals surface area contributed by atoms with Gasteiger partial charge in [-0.3, -0.25) is 0 Å². The number of methoxy groups -OCH3 is 2. The minimum Gasteiger partial charge on any atom is -0.471 e. The zero-order valence-electron chi connectivity index (χ0n) is 28.8. The molecule has 3 aromatic heterocycles. The lowest BCUT2D eigenvalue weighted by Gasteiger charge is -2.37. The number of nitrogens with zero attached hydrogens (tertiary/aromatic N) is 6. The minimum absolute atomic E-state index is 0.183. The number of anilines is 1. The van der Waals surface area contributed by atoms with Gasteiger partial charge in [0, 0.05) is 50.7 Å². The maximum atomic E-state index is 6.42. The highest BCUT2D eigenvalue weighted by molar-refractivity contribution is 5.93. The monoisotopic (exact) mass is 666 g/mol. The van der Waals surface area contributed by atoms with E-state index in [1.54, 1.807) is 20.5 Å². The fourth-order valence-electron chi connectivity index (χ4n) is 7.46. The van der Waals surface area contributed by atoms with Crippen molar-refractivity contribution in [2.45, 2.75) is 50.0 Å². The van der Waals surface area contributed by atoms with Crippen LogP contribution in [0.25, 0.3) is 22.3 Å². The van der Waals surface area contributed by atoms with Crippen LogP contribution in [0.5, 0.6) is 5.88 Å². The van der Waals surface area contributed by atoms with Crippen molar-refractivity contribution in [3.63, 3.8) is 0 Å². The second-order valence-corrected chi connectivity index (χ2v) is 13.6. The molecule has 1 aliphatic carbocycles. The first-order valence-corrected chi connectivity index (χ1v) is 17.4. The Bertz CT molecular complexity index is 1960. The van der Waals surface area contributed by atoms with Gasteiger partial charge in [-0.25, -0.2) is 19.6 Å². The van der Waals surface area contributed by atoms with Gasteiger partial charge in [-0.15, -0.1) is 0 Å². The van der Waals surface area contributed by atoms with Crippen molar-refractivity contribution < 1.29 is 14.2 Å². The highest BCUT2D eigenvalue weighted by Gasteiger charge is 2.43. The number of hydrogen-bond acceptors (Lipinski definition) is 8. The van der Waals surface area contributed by atoms with Crippen LogP contribution in [0.4, 0.5) is 5.82 Å². The molecule has 50 heavy (non-hydrogen) atoms. The van der Waals surface area contributed by atoms with Crippen molar-refractivity contribution in [3.8, 4) is 17.3 Å². The van der Waals surface area contributed by atoms with Gasteiger partial charge >= 0.3 is 0 Å². The predicted molar refractivity (Wildman–Crippen MR) is 194 cm³/mol. The Labute approximate surface area is 292 Å². The average molecular weight is 667 g/mol. The Balaban J connectivity index is 1.32. The summed E-state index contributed by atoms with van der Waals surface area (Å²) in [5, 5.41) is 6.45. The summed E-state index contributed by atoms with van der Waals surface area (Å²) in [5.41, 5.74) is 4.59. The third-order valence-corrected chi connectivity index (χ3v) is 10.3. The smallest absolute Gasteiger partial charge is 0.214 e. The molecule has 0 unspecified atom stereocenters. The first kappa shape index (κ1) is 32.1. The van der Waals surface area contributed by atoms with Crippen molar-refractivity contribution in [3.05, 3.63) is 132 Å². The lowest BCUT2D eigenvalue weighted by atomic mass is 9.77. The summed E-state index contributed by atoms with van der Waals surface area (Å²) in [6.45, 7) is 3.83. The first-order chi connectivity index (χ1) is 24.5. The first-order valence-electron chi connectivity index (χ1n) is 17.4. The zero-order valence-corrected chi connectivity index (χ0v) is 28.8. The van der Waals surface area contributed by atoms with E-state index in [0.717, 1.165) is 83.6 Å². The van der Waals surface area contributed by atoms with E-state index in [2.05, 4.69) is 114 Å². The molecule has 1 saturated carbocycles. The highest BCUT2D eigenvalue weighted by atomic mass is 16.7. The molecule has 0 spiro atoms. The van der Waals surface area contributed by atoms with E-state index in [9.17, 15) is 0 Å². The number of rotatable bonds is 11. The number of fused-ring (bicyclic) bond motifs is 1. The number of pyridine rings is 1. The second kappa shape index (κ2) is 13.3. The maximum absolute atomic E-state index is 6.42. The summed E-state index contributed by atoms with van der Waals surface area (Å²) in [5.74, 6) is 1.80. The van der Waals surface area contributed by atoms with Gasteiger partial charge in [-0.2, -0.15) is 5.10 Å². The van der Waals surface area contributed by atoms with Gasteiger partial charge in [0.25, 0.3) is 0 Å². The van der Waals surface area contributed by atoms with Crippen LogP contribution in [0.15, 0.2) is 116 Å². The molecule has 6 aromatic rings. The summed E-state index contributed by atoms with van der Waals surface area (Å²) < 4.78 is 19.7. The van der Waals surface area contributed by atoms with Gasteiger partial charge in [-0.05, 0) is 49.3 Å². The Morgan fingerprint density at radius 2 is 1.34 bits per heavy atom. The molecule has 1 aliphatic heterocycles. The van der Waals surface area contributed by atoms with Crippen LogP contribution < -0.4 is 9.64 Å². The molecule has 0 amide bonds. The zero-order chi connectivity index (χ0) is 34.1. The van der Waals surface area contributed by atoms with E-state index in [1.807, 2.05) is 12.3 Å². The van der Waals surface area contributed by atoms with Gasteiger partial charge in [0.2, 0.25) is 5.88 Å². The fraction of sp³-hybridized carbons (Fsp3) is 0.317. The summed E-state index contributed by atoms with van der Waals surface area (Å²) in [6.07, 6.45) is 7.28. The third kappa shape index (κ3) is 5.80. The molecule has 1 saturated heterocycles. The molecule has 9 nitrogen and oxygen atoms in total. The lowest BCUT2D eigenvalue weighted by Crippen LogP contribution is -2.39. The van der Waals surface area contributed by atoms with Crippen LogP contribution in [0.3, 0.4) is 0 Å². The molecule has 254 valence electrons.